The fourth-order valence-electron chi connectivity index (χ4n) is 2.36. The molecule has 0 heterocycles. The molecule has 0 aromatic heterocycles. The predicted octanol–water partition coefficient (Wildman–Crippen LogP) is 3.11. The van der Waals surface area contributed by atoms with Gasteiger partial charge in [-0.1, -0.05) is 66.7 Å². The number of carbonyl (C=O) groups is 1. The zero-order valence-corrected chi connectivity index (χ0v) is 9.34. The lowest BCUT2D eigenvalue weighted by Gasteiger charge is -2.34. The fraction of sp³-hybridized carbons (Fsp3) is 0.0625. The third-order valence-corrected chi connectivity index (χ3v) is 3.33. The highest BCUT2D eigenvalue weighted by molar-refractivity contribution is 6.10. The van der Waals surface area contributed by atoms with Crippen molar-refractivity contribution < 1.29 is 4.79 Å². The van der Waals surface area contributed by atoms with Crippen molar-refractivity contribution in [2.75, 3.05) is 0 Å². The molecule has 1 aliphatic rings. The first-order valence-electron chi connectivity index (χ1n) is 5.69. The van der Waals surface area contributed by atoms with Crippen molar-refractivity contribution in [2.45, 2.75) is 5.41 Å². The summed E-state index contributed by atoms with van der Waals surface area (Å²) in [6, 6.07) is 19.9. The average molecular weight is 220 g/mol. The van der Waals surface area contributed by atoms with Crippen molar-refractivity contribution >= 4 is 5.78 Å². The lowest BCUT2D eigenvalue weighted by atomic mass is 9.65. The standard InChI is InChI=1S/C16H12O/c17-15-11-12-16(15,13-7-3-1-4-8-13)14-9-5-2-6-10-14/h1-12H. The zero-order valence-electron chi connectivity index (χ0n) is 9.34. The van der Waals surface area contributed by atoms with E-state index in [-0.39, 0.29) is 5.78 Å². The van der Waals surface area contributed by atoms with Gasteiger partial charge in [0.15, 0.2) is 5.78 Å². The highest BCUT2D eigenvalue weighted by atomic mass is 16.1. The van der Waals surface area contributed by atoms with Gasteiger partial charge >= 0.3 is 0 Å². The maximum Gasteiger partial charge on any atom is 0.174 e. The Morgan fingerprint density at radius 1 is 0.706 bits per heavy atom. The van der Waals surface area contributed by atoms with E-state index in [0.29, 0.717) is 0 Å². The molecule has 0 fully saturated rings. The van der Waals surface area contributed by atoms with Crippen LogP contribution in [0.4, 0.5) is 0 Å². The molecule has 0 atom stereocenters. The molecule has 0 unspecified atom stereocenters. The Labute approximate surface area is 100 Å². The summed E-state index contributed by atoms with van der Waals surface area (Å²) in [5, 5.41) is 0. The van der Waals surface area contributed by atoms with Gasteiger partial charge in [-0.3, -0.25) is 4.79 Å². The molecule has 3 rings (SSSR count). The van der Waals surface area contributed by atoms with E-state index in [1.54, 1.807) is 6.08 Å². The van der Waals surface area contributed by atoms with Crippen molar-refractivity contribution in [3.05, 3.63) is 83.9 Å². The Bertz CT molecular complexity index is 527. The number of ketones is 1. The van der Waals surface area contributed by atoms with Crippen LogP contribution in [0.3, 0.4) is 0 Å². The summed E-state index contributed by atoms with van der Waals surface area (Å²) in [6.45, 7) is 0. The first-order chi connectivity index (χ1) is 8.34. The molecule has 0 saturated heterocycles. The lowest BCUT2D eigenvalue weighted by Crippen LogP contribution is -2.40. The Morgan fingerprint density at radius 3 is 1.47 bits per heavy atom. The number of benzene rings is 2. The topological polar surface area (TPSA) is 17.1 Å². The van der Waals surface area contributed by atoms with Crippen LogP contribution in [-0.4, -0.2) is 5.78 Å². The van der Waals surface area contributed by atoms with Crippen LogP contribution in [0.15, 0.2) is 72.8 Å². The molecule has 2 aromatic rings. The summed E-state index contributed by atoms with van der Waals surface area (Å²) in [6.07, 6.45) is 3.64. The lowest BCUT2D eigenvalue weighted by molar-refractivity contribution is -0.118. The number of carbonyl (C=O) groups excluding carboxylic acids is 1. The van der Waals surface area contributed by atoms with E-state index in [1.165, 1.54) is 0 Å². The summed E-state index contributed by atoms with van der Waals surface area (Å²) in [7, 11) is 0. The normalized spacial score (nSPS) is 16.6. The van der Waals surface area contributed by atoms with Crippen LogP contribution in [0, 0.1) is 0 Å². The van der Waals surface area contributed by atoms with E-state index in [9.17, 15) is 4.79 Å². The fourth-order valence-corrected chi connectivity index (χ4v) is 2.36. The second-order valence-electron chi connectivity index (χ2n) is 4.24. The van der Waals surface area contributed by atoms with Gasteiger partial charge in [-0.2, -0.15) is 0 Å². The first kappa shape index (κ1) is 10.0. The van der Waals surface area contributed by atoms with E-state index in [0.717, 1.165) is 11.1 Å². The average Bonchev–Trinajstić information content (AvgIpc) is 2.40. The molecule has 1 nitrogen and oxygen atoms in total. The van der Waals surface area contributed by atoms with E-state index >= 15 is 0 Å². The Kier molecular flexibility index (Phi) is 2.19. The number of allylic oxidation sites excluding steroid dienone is 2. The maximum atomic E-state index is 12.1. The van der Waals surface area contributed by atoms with Gasteiger partial charge < -0.3 is 0 Å². The number of hydrogen-bond acceptors (Lipinski definition) is 1. The van der Waals surface area contributed by atoms with Crippen molar-refractivity contribution in [3.8, 4) is 0 Å². The minimum Gasteiger partial charge on any atom is -0.293 e. The van der Waals surface area contributed by atoms with E-state index < -0.39 is 5.41 Å². The molecule has 0 N–H and O–H groups in total. The van der Waals surface area contributed by atoms with Gasteiger partial charge in [-0.25, -0.2) is 0 Å². The molecule has 0 radical (unpaired) electrons. The van der Waals surface area contributed by atoms with Gasteiger partial charge in [0, 0.05) is 0 Å². The molecule has 82 valence electrons. The molecule has 2 aromatic carbocycles. The van der Waals surface area contributed by atoms with E-state index in [1.807, 2.05) is 66.7 Å². The van der Waals surface area contributed by atoms with Crippen LogP contribution in [0.2, 0.25) is 0 Å². The molecule has 1 aliphatic carbocycles. The van der Waals surface area contributed by atoms with Crippen LogP contribution in [-0.2, 0) is 10.2 Å². The molecular formula is C16H12O. The van der Waals surface area contributed by atoms with Crippen molar-refractivity contribution in [2.24, 2.45) is 0 Å². The van der Waals surface area contributed by atoms with Gasteiger partial charge in [0.05, 0.1) is 0 Å². The van der Waals surface area contributed by atoms with Gasteiger partial charge in [-0.05, 0) is 17.2 Å². The number of rotatable bonds is 2. The van der Waals surface area contributed by atoms with Crippen molar-refractivity contribution in [1.82, 2.24) is 0 Å². The predicted molar refractivity (Wildman–Crippen MR) is 67.8 cm³/mol. The molecule has 0 amide bonds. The van der Waals surface area contributed by atoms with Crippen LogP contribution < -0.4 is 0 Å². The zero-order chi connectivity index (χ0) is 11.7. The van der Waals surface area contributed by atoms with E-state index in [4.69, 9.17) is 0 Å². The van der Waals surface area contributed by atoms with Gasteiger partial charge in [0.2, 0.25) is 0 Å². The maximum absolute atomic E-state index is 12.1. The highest BCUT2D eigenvalue weighted by Crippen LogP contribution is 2.40. The molecular weight excluding hydrogens is 208 g/mol. The van der Waals surface area contributed by atoms with Crippen LogP contribution in [0.1, 0.15) is 11.1 Å². The Morgan fingerprint density at radius 2 is 1.18 bits per heavy atom. The Hall–Kier alpha value is -2.15. The Balaban J connectivity index is 2.20. The largest absolute Gasteiger partial charge is 0.293 e. The van der Waals surface area contributed by atoms with Crippen LogP contribution >= 0.6 is 0 Å². The van der Waals surface area contributed by atoms with Gasteiger partial charge in [0.1, 0.15) is 5.41 Å². The summed E-state index contributed by atoms with van der Waals surface area (Å²) < 4.78 is 0. The third kappa shape index (κ3) is 1.36. The van der Waals surface area contributed by atoms with Crippen molar-refractivity contribution in [1.29, 1.82) is 0 Å². The monoisotopic (exact) mass is 220 g/mol. The second-order valence-corrected chi connectivity index (χ2v) is 4.24. The minimum absolute atomic E-state index is 0.162. The van der Waals surface area contributed by atoms with Crippen molar-refractivity contribution in [3.63, 3.8) is 0 Å². The van der Waals surface area contributed by atoms with Gasteiger partial charge in [0.25, 0.3) is 0 Å². The quantitative estimate of drug-likeness (QED) is 0.760. The molecule has 0 aliphatic heterocycles. The van der Waals surface area contributed by atoms with E-state index in [2.05, 4.69) is 0 Å². The van der Waals surface area contributed by atoms with Crippen LogP contribution in [0.5, 0.6) is 0 Å². The molecule has 17 heavy (non-hydrogen) atoms. The number of hydrogen-bond donors (Lipinski definition) is 0. The molecule has 0 bridgehead atoms. The van der Waals surface area contributed by atoms with Crippen LogP contribution in [0.25, 0.3) is 0 Å². The van der Waals surface area contributed by atoms with Gasteiger partial charge in [-0.15, -0.1) is 0 Å². The molecule has 0 spiro atoms. The third-order valence-electron chi connectivity index (χ3n) is 3.33. The first-order valence-corrected chi connectivity index (χ1v) is 5.69. The molecule has 0 saturated carbocycles. The second kappa shape index (κ2) is 3.70. The highest BCUT2D eigenvalue weighted by Gasteiger charge is 2.43. The summed E-state index contributed by atoms with van der Waals surface area (Å²) in [4.78, 5) is 12.1. The minimum atomic E-state index is -0.553. The smallest absolute Gasteiger partial charge is 0.174 e. The summed E-state index contributed by atoms with van der Waals surface area (Å²) in [5.74, 6) is 0.162. The SMILES string of the molecule is O=C1C=CC1(c1ccccc1)c1ccccc1. The summed E-state index contributed by atoms with van der Waals surface area (Å²) >= 11 is 0. The summed E-state index contributed by atoms with van der Waals surface area (Å²) in [5.41, 5.74) is 1.53. The molecule has 1 heteroatoms.